The molecule has 1 heterocycles. The van der Waals surface area contributed by atoms with Crippen LogP contribution in [0.2, 0.25) is 0 Å². The summed E-state index contributed by atoms with van der Waals surface area (Å²) < 4.78 is 0. The van der Waals surface area contributed by atoms with Gasteiger partial charge in [-0.2, -0.15) is 11.8 Å². The molecule has 5 nitrogen and oxygen atoms in total. The van der Waals surface area contributed by atoms with Gasteiger partial charge in [-0.3, -0.25) is 14.5 Å². The molecule has 0 aliphatic carbocycles. The summed E-state index contributed by atoms with van der Waals surface area (Å²) in [7, 11) is 0. The molecule has 0 aromatic heterocycles. The molecule has 1 amide bonds. The molecular formula is C15H21ClN2O3S. The number of halogens is 1. The maximum absolute atomic E-state index is 11.9. The first kappa shape index (κ1) is 18.8. The van der Waals surface area contributed by atoms with E-state index < -0.39 is 5.97 Å². The number of nitrogens with zero attached hydrogens (tertiary/aromatic N) is 1. The van der Waals surface area contributed by atoms with Crippen LogP contribution >= 0.6 is 24.2 Å². The third-order valence-electron chi connectivity index (χ3n) is 3.52. The zero-order valence-electron chi connectivity index (χ0n) is 12.4. The molecule has 0 saturated carbocycles. The largest absolute Gasteiger partial charge is 0.480 e. The SMILES string of the molecule is CC1SCCN(CC(=O)NCC(=O)O)C1c1ccccc1.Cl. The number of aliphatic carboxylic acids is 1. The predicted molar refractivity (Wildman–Crippen MR) is 90.6 cm³/mol. The Morgan fingerprint density at radius 2 is 2.05 bits per heavy atom. The molecule has 2 rings (SSSR count). The third-order valence-corrected chi connectivity index (χ3v) is 4.72. The Labute approximate surface area is 140 Å². The molecule has 2 N–H and O–H groups in total. The van der Waals surface area contributed by atoms with Crippen LogP contribution in [0.5, 0.6) is 0 Å². The van der Waals surface area contributed by atoms with Gasteiger partial charge in [0.1, 0.15) is 6.54 Å². The van der Waals surface area contributed by atoms with Crippen molar-refractivity contribution >= 4 is 36.0 Å². The van der Waals surface area contributed by atoms with E-state index in [2.05, 4.69) is 29.3 Å². The van der Waals surface area contributed by atoms with E-state index in [-0.39, 0.29) is 37.4 Å². The fourth-order valence-corrected chi connectivity index (χ4v) is 3.83. The molecule has 1 saturated heterocycles. The van der Waals surface area contributed by atoms with Gasteiger partial charge in [0.15, 0.2) is 0 Å². The Hall–Kier alpha value is -1.24. The van der Waals surface area contributed by atoms with Crippen LogP contribution in [0.25, 0.3) is 0 Å². The summed E-state index contributed by atoms with van der Waals surface area (Å²) in [6.07, 6.45) is 0. The minimum absolute atomic E-state index is 0. The van der Waals surface area contributed by atoms with E-state index in [0.717, 1.165) is 12.3 Å². The highest BCUT2D eigenvalue weighted by Crippen LogP contribution is 2.35. The second kappa shape index (κ2) is 9.02. The van der Waals surface area contributed by atoms with Gasteiger partial charge in [0, 0.05) is 23.6 Å². The normalized spacial score (nSPS) is 21.7. The van der Waals surface area contributed by atoms with Gasteiger partial charge in [-0.1, -0.05) is 37.3 Å². The van der Waals surface area contributed by atoms with Gasteiger partial charge in [-0.05, 0) is 5.56 Å². The van der Waals surface area contributed by atoms with E-state index in [0.29, 0.717) is 5.25 Å². The lowest BCUT2D eigenvalue weighted by Crippen LogP contribution is -2.46. The van der Waals surface area contributed by atoms with Crippen molar-refractivity contribution in [3.8, 4) is 0 Å². The molecule has 0 bridgehead atoms. The number of rotatable bonds is 5. The van der Waals surface area contributed by atoms with Gasteiger partial charge in [-0.15, -0.1) is 12.4 Å². The quantitative estimate of drug-likeness (QED) is 0.852. The molecule has 1 aliphatic rings. The van der Waals surface area contributed by atoms with Gasteiger partial charge >= 0.3 is 5.97 Å². The van der Waals surface area contributed by atoms with Crippen molar-refractivity contribution in [3.63, 3.8) is 0 Å². The zero-order valence-corrected chi connectivity index (χ0v) is 14.0. The summed E-state index contributed by atoms with van der Waals surface area (Å²) in [5.41, 5.74) is 1.20. The van der Waals surface area contributed by atoms with E-state index in [1.807, 2.05) is 30.0 Å². The number of carbonyl (C=O) groups is 2. The Bertz CT molecular complexity index is 501. The number of thioether (sulfide) groups is 1. The first-order chi connectivity index (χ1) is 10.1. The third kappa shape index (κ3) is 5.19. The minimum atomic E-state index is -1.02. The van der Waals surface area contributed by atoms with Gasteiger partial charge in [0.05, 0.1) is 6.54 Å². The van der Waals surface area contributed by atoms with Gasteiger partial charge < -0.3 is 10.4 Å². The molecule has 2 atom stereocenters. The molecule has 2 unspecified atom stereocenters. The lowest BCUT2D eigenvalue weighted by atomic mass is 10.0. The molecule has 1 aromatic carbocycles. The van der Waals surface area contributed by atoms with E-state index >= 15 is 0 Å². The highest BCUT2D eigenvalue weighted by molar-refractivity contribution is 8.00. The van der Waals surface area contributed by atoms with Crippen molar-refractivity contribution in [2.24, 2.45) is 0 Å². The number of carboxylic acid groups (broad SMARTS) is 1. The first-order valence-electron chi connectivity index (χ1n) is 6.97. The molecule has 0 radical (unpaired) electrons. The summed E-state index contributed by atoms with van der Waals surface area (Å²) in [5, 5.41) is 11.4. The maximum atomic E-state index is 11.9. The number of amides is 1. The van der Waals surface area contributed by atoms with Crippen LogP contribution in [0, 0.1) is 0 Å². The lowest BCUT2D eigenvalue weighted by molar-refractivity contribution is -0.138. The van der Waals surface area contributed by atoms with Crippen LogP contribution in [0.4, 0.5) is 0 Å². The van der Waals surface area contributed by atoms with Crippen LogP contribution in [-0.2, 0) is 9.59 Å². The summed E-state index contributed by atoms with van der Waals surface area (Å²) in [4.78, 5) is 24.5. The fraction of sp³-hybridized carbons (Fsp3) is 0.467. The van der Waals surface area contributed by atoms with Crippen LogP contribution in [0.3, 0.4) is 0 Å². The predicted octanol–water partition coefficient (Wildman–Crippen LogP) is 1.79. The molecule has 1 fully saturated rings. The van der Waals surface area contributed by atoms with Crippen molar-refractivity contribution in [1.82, 2.24) is 10.2 Å². The number of hydrogen-bond donors (Lipinski definition) is 2. The Kier molecular flexibility index (Phi) is 7.72. The van der Waals surface area contributed by atoms with Crippen LogP contribution in [0.1, 0.15) is 18.5 Å². The van der Waals surface area contributed by atoms with Crippen molar-refractivity contribution in [3.05, 3.63) is 35.9 Å². The standard InChI is InChI=1S/C15H20N2O3S.ClH/c1-11-15(12-5-3-2-4-6-12)17(7-8-21-11)10-13(18)16-9-14(19)20;/h2-6,11,15H,7-10H2,1H3,(H,16,18)(H,19,20);1H. The van der Waals surface area contributed by atoms with Crippen LogP contribution in [0.15, 0.2) is 30.3 Å². The van der Waals surface area contributed by atoms with Crippen LogP contribution < -0.4 is 5.32 Å². The molecule has 7 heteroatoms. The summed E-state index contributed by atoms with van der Waals surface area (Å²) in [5.74, 6) is -0.278. The zero-order chi connectivity index (χ0) is 15.2. The number of benzene rings is 1. The smallest absolute Gasteiger partial charge is 0.322 e. The number of carbonyl (C=O) groups excluding carboxylic acids is 1. The fourth-order valence-electron chi connectivity index (χ4n) is 2.61. The van der Waals surface area contributed by atoms with Crippen LogP contribution in [-0.4, -0.2) is 52.5 Å². The minimum Gasteiger partial charge on any atom is -0.480 e. The maximum Gasteiger partial charge on any atom is 0.322 e. The van der Waals surface area contributed by atoms with Gasteiger partial charge in [0.25, 0.3) is 0 Å². The molecule has 122 valence electrons. The van der Waals surface area contributed by atoms with Crippen molar-refractivity contribution < 1.29 is 14.7 Å². The second-order valence-electron chi connectivity index (χ2n) is 5.07. The molecule has 22 heavy (non-hydrogen) atoms. The van der Waals surface area contributed by atoms with Gasteiger partial charge in [-0.25, -0.2) is 0 Å². The number of carboxylic acids is 1. The Morgan fingerprint density at radius 3 is 2.68 bits per heavy atom. The van der Waals surface area contributed by atoms with Crippen molar-refractivity contribution in [2.45, 2.75) is 18.2 Å². The second-order valence-corrected chi connectivity index (χ2v) is 6.56. The average molecular weight is 345 g/mol. The Morgan fingerprint density at radius 1 is 1.36 bits per heavy atom. The monoisotopic (exact) mass is 344 g/mol. The molecule has 1 aliphatic heterocycles. The molecular weight excluding hydrogens is 324 g/mol. The van der Waals surface area contributed by atoms with Crippen molar-refractivity contribution in [1.29, 1.82) is 0 Å². The molecule has 0 spiro atoms. The first-order valence-corrected chi connectivity index (χ1v) is 8.02. The van der Waals surface area contributed by atoms with E-state index in [4.69, 9.17) is 5.11 Å². The van der Waals surface area contributed by atoms with E-state index in [9.17, 15) is 9.59 Å². The summed E-state index contributed by atoms with van der Waals surface area (Å²) in [6.45, 7) is 2.91. The topological polar surface area (TPSA) is 69.6 Å². The lowest BCUT2D eigenvalue weighted by Gasteiger charge is -2.39. The van der Waals surface area contributed by atoms with E-state index in [1.54, 1.807) is 0 Å². The average Bonchev–Trinajstić information content (AvgIpc) is 2.46. The van der Waals surface area contributed by atoms with Gasteiger partial charge in [0.2, 0.25) is 5.91 Å². The van der Waals surface area contributed by atoms with E-state index in [1.165, 1.54) is 5.56 Å². The van der Waals surface area contributed by atoms with Crippen molar-refractivity contribution in [2.75, 3.05) is 25.4 Å². The summed E-state index contributed by atoms with van der Waals surface area (Å²) >= 11 is 1.90. The highest BCUT2D eigenvalue weighted by Gasteiger charge is 2.31. The number of nitrogens with one attached hydrogen (secondary N) is 1. The number of hydrogen-bond acceptors (Lipinski definition) is 4. The Balaban J connectivity index is 0.00000242. The molecule has 1 aromatic rings. The highest BCUT2D eigenvalue weighted by atomic mass is 35.5. The summed E-state index contributed by atoms with van der Waals surface area (Å²) in [6, 6.07) is 10.3.